The van der Waals surface area contributed by atoms with Crippen LogP contribution in [-0.2, 0) is 4.79 Å². The molecule has 1 saturated carbocycles. The van der Waals surface area contributed by atoms with Crippen molar-refractivity contribution < 1.29 is 4.79 Å². The Hall–Kier alpha value is -1.35. The van der Waals surface area contributed by atoms with Crippen molar-refractivity contribution >= 4 is 5.91 Å². The topological polar surface area (TPSA) is 32.3 Å². The van der Waals surface area contributed by atoms with Crippen molar-refractivity contribution in [3.8, 4) is 0 Å². The molecule has 1 heterocycles. The number of benzene rings is 1. The van der Waals surface area contributed by atoms with Gasteiger partial charge in [0.2, 0.25) is 5.91 Å². The summed E-state index contributed by atoms with van der Waals surface area (Å²) < 4.78 is 0. The lowest BCUT2D eigenvalue weighted by molar-refractivity contribution is -0.137. The number of nitrogens with one attached hydrogen (secondary N) is 1. The predicted octanol–water partition coefficient (Wildman–Crippen LogP) is 2.59. The van der Waals surface area contributed by atoms with Gasteiger partial charge in [-0.2, -0.15) is 0 Å². The second kappa shape index (κ2) is 5.57. The highest BCUT2D eigenvalue weighted by atomic mass is 16.2. The Bertz CT molecular complexity index is 467. The van der Waals surface area contributed by atoms with Crippen molar-refractivity contribution in [2.75, 3.05) is 13.1 Å². The Balaban J connectivity index is 1.77. The van der Waals surface area contributed by atoms with E-state index in [1.165, 1.54) is 5.56 Å². The molecule has 1 saturated heterocycles. The molecule has 3 rings (SSSR count). The second-order valence-corrected chi connectivity index (χ2v) is 6.45. The van der Waals surface area contributed by atoms with Crippen molar-refractivity contribution in [3.63, 3.8) is 0 Å². The average molecular weight is 272 g/mol. The van der Waals surface area contributed by atoms with E-state index in [1.54, 1.807) is 0 Å². The van der Waals surface area contributed by atoms with Gasteiger partial charge in [0.15, 0.2) is 0 Å². The fourth-order valence-electron chi connectivity index (χ4n) is 3.09. The van der Waals surface area contributed by atoms with Gasteiger partial charge in [0.1, 0.15) is 0 Å². The van der Waals surface area contributed by atoms with Gasteiger partial charge < -0.3 is 10.2 Å². The standard InChI is InChI=1S/C17H24N2O/c1-12(2)16-10-18-15(13-6-4-3-5-7-13)11-19(16)17(20)14-8-9-14/h3-7,12,14-16,18H,8-11H2,1-2H3. The third-order valence-corrected chi connectivity index (χ3v) is 4.53. The van der Waals surface area contributed by atoms with E-state index in [1.807, 2.05) is 6.07 Å². The molecule has 1 amide bonds. The number of hydrogen-bond donors (Lipinski definition) is 1. The molecular weight excluding hydrogens is 248 g/mol. The first-order chi connectivity index (χ1) is 9.66. The molecule has 0 radical (unpaired) electrons. The summed E-state index contributed by atoms with van der Waals surface area (Å²) in [6.45, 7) is 6.13. The number of hydrogen-bond acceptors (Lipinski definition) is 2. The van der Waals surface area contributed by atoms with Crippen LogP contribution in [0, 0.1) is 11.8 Å². The van der Waals surface area contributed by atoms with Crippen LogP contribution < -0.4 is 5.32 Å². The fraction of sp³-hybridized carbons (Fsp3) is 0.588. The molecular formula is C17H24N2O. The van der Waals surface area contributed by atoms with Crippen LogP contribution in [0.2, 0.25) is 0 Å². The predicted molar refractivity (Wildman–Crippen MR) is 80.2 cm³/mol. The number of amides is 1. The van der Waals surface area contributed by atoms with Gasteiger partial charge in [0, 0.05) is 31.1 Å². The lowest BCUT2D eigenvalue weighted by Crippen LogP contribution is -2.57. The van der Waals surface area contributed by atoms with Crippen LogP contribution in [0.3, 0.4) is 0 Å². The van der Waals surface area contributed by atoms with E-state index in [2.05, 4.69) is 48.3 Å². The van der Waals surface area contributed by atoms with E-state index in [0.29, 0.717) is 23.8 Å². The summed E-state index contributed by atoms with van der Waals surface area (Å²) >= 11 is 0. The lowest BCUT2D eigenvalue weighted by atomic mass is 9.95. The minimum atomic E-state index is 0.272. The Morgan fingerprint density at radius 2 is 1.95 bits per heavy atom. The first-order valence-electron chi connectivity index (χ1n) is 7.75. The molecule has 1 aliphatic carbocycles. The third kappa shape index (κ3) is 2.73. The first kappa shape index (κ1) is 13.6. The molecule has 3 heteroatoms. The summed E-state index contributed by atoms with van der Waals surface area (Å²) in [5.41, 5.74) is 1.28. The zero-order chi connectivity index (χ0) is 14.1. The maximum atomic E-state index is 12.6. The summed E-state index contributed by atoms with van der Waals surface area (Å²) in [5.74, 6) is 1.19. The van der Waals surface area contributed by atoms with Gasteiger partial charge in [-0.3, -0.25) is 4.79 Å². The van der Waals surface area contributed by atoms with Gasteiger partial charge in [-0.1, -0.05) is 44.2 Å². The number of nitrogens with zero attached hydrogens (tertiary/aromatic N) is 1. The molecule has 3 nitrogen and oxygen atoms in total. The van der Waals surface area contributed by atoms with E-state index in [-0.39, 0.29) is 6.04 Å². The monoisotopic (exact) mass is 272 g/mol. The SMILES string of the molecule is CC(C)C1CNC(c2ccccc2)CN1C(=O)C1CC1. The van der Waals surface area contributed by atoms with Gasteiger partial charge in [-0.15, -0.1) is 0 Å². The summed E-state index contributed by atoms with van der Waals surface area (Å²) in [6.07, 6.45) is 2.17. The van der Waals surface area contributed by atoms with Crippen LogP contribution in [0.15, 0.2) is 30.3 Å². The molecule has 108 valence electrons. The molecule has 2 aliphatic rings. The molecule has 1 aromatic rings. The summed E-state index contributed by atoms with van der Waals surface area (Å²) in [6, 6.07) is 11.1. The zero-order valence-electron chi connectivity index (χ0n) is 12.4. The number of carbonyl (C=O) groups excluding carboxylic acids is 1. The largest absolute Gasteiger partial charge is 0.336 e. The van der Waals surface area contributed by atoms with Crippen molar-refractivity contribution in [1.29, 1.82) is 0 Å². The van der Waals surface area contributed by atoms with Gasteiger partial charge in [0.25, 0.3) is 0 Å². The number of piperazine rings is 1. The number of rotatable bonds is 3. The smallest absolute Gasteiger partial charge is 0.226 e. The van der Waals surface area contributed by atoms with Crippen molar-refractivity contribution in [3.05, 3.63) is 35.9 Å². The Morgan fingerprint density at radius 3 is 2.55 bits per heavy atom. The van der Waals surface area contributed by atoms with Gasteiger partial charge >= 0.3 is 0 Å². The zero-order valence-corrected chi connectivity index (χ0v) is 12.4. The quantitative estimate of drug-likeness (QED) is 0.917. The van der Waals surface area contributed by atoms with Crippen LogP contribution in [0.5, 0.6) is 0 Å². The molecule has 2 unspecified atom stereocenters. The van der Waals surface area contributed by atoms with Crippen molar-refractivity contribution in [1.82, 2.24) is 10.2 Å². The third-order valence-electron chi connectivity index (χ3n) is 4.53. The Kier molecular flexibility index (Phi) is 3.79. The van der Waals surface area contributed by atoms with Crippen LogP contribution in [0.25, 0.3) is 0 Å². The van der Waals surface area contributed by atoms with Gasteiger partial charge in [-0.25, -0.2) is 0 Å². The van der Waals surface area contributed by atoms with Crippen LogP contribution in [0.1, 0.15) is 38.3 Å². The van der Waals surface area contributed by atoms with E-state index < -0.39 is 0 Å². The average Bonchev–Trinajstić information content (AvgIpc) is 3.31. The molecule has 20 heavy (non-hydrogen) atoms. The van der Waals surface area contributed by atoms with E-state index in [9.17, 15) is 4.79 Å². The van der Waals surface area contributed by atoms with E-state index in [0.717, 1.165) is 25.9 Å². The normalized spacial score (nSPS) is 26.9. The first-order valence-corrected chi connectivity index (χ1v) is 7.75. The maximum absolute atomic E-state index is 12.6. The van der Waals surface area contributed by atoms with Gasteiger partial charge in [-0.05, 0) is 24.3 Å². The minimum absolute atomic E-state index is 0.272. The highest BCUT2D eigenvalue weighted by molar-refractivity contribution is 5.81. The second-order valence-electron chi connectivity index (χ2n) is 6.45. The molecule has 0 spiro atoms. The summed E-state index contributed by atoms with van der Waals surface area (Å²) in [5, 5.41) is 3.62. The minimum Gasteiger partial charge on any atom is -0.336 e. The van der Waals surface area contributed by atoms with Crippen molar-refractivity contribution in [2.45, 2.75) is 38.8 Å². The van der Waals surface area contributed by atoms with Crippen LogP contribution >= 0.6 is 0 Å². The molecule has 1 N–H and O–H groups in total. The maximum Gasteiger partial charge on any atom is 0.226 e. The van der Waals surface area contributed by atoms with E-state index in [4.69, 9.17) is 0 Å². The Morgan fingerprint density at radius 1 is 1.25 bits per heavy atom. The highest BCUT2D eigenvalue weighted by Gasteiger charge is 2.40. The Labute approximate surface area is 121 Å². The highest BCUT2D eigenvalue weighted by Crippen LogP contribution is 2.34. The molecule has 0 aromatic heterocycles. The molecule has 1 aromatic carbocycles. The summed E-state index contributed by atoms with van der Waals surface area (Å²) in [7, 11) is 0. The van der Waals surface area contributed by atoms with Crippen LogP contribution in [-0.4, -0.2) is 29.9 Å². The van der Waals surface area contributed by atoms with Crippen molar-refractivity contribution in [2.24, 2.45) is 11.8 Å². The van der Waals surface area contributed by atoms with Crippen LogP contribution in [0.4, 0.5) is 0 Å². The van der Waals surface area contributed by atoms with Gasteiger partial charge in [0.05, 0.1) is 0 Å². The number of carbonyl (C=O) groups is 1. The molecule has 2 atom stereocenters. The lowest BCUT2D eigenvalue weighted by Gasteiger charge is -2.42. The molecule has 2 fully saturated rings. The molecule has 1 aliphatic heterocycles. The molecule has 0 bridgehead atoms. The summed E-state index contributed by atoms with van der Waals surface area (Å²) in [4.78, 5) is 14.7. The van der Waals surface area contributed by atoms with E-state index >= 15 is 0 Å². The fourth-order valence-corrected chi connectivity index (χ4v) is 3.09.